The molecule has 0 aliphatic heterocycles. The van der Waals surface area contributed by atoms with Crippen LogP contribution >= 0.6 is 0 Å². The summed E-state index contributed by atoms with van der Waals surface area (Å²) in [6.45, 7) is 6.25. The second-order valence-corrected chi connectivity index (χ2v) is 7.13. The molecule has 2 heterocycles. The number of fused-ring (bicyclic) bond motifs is 1. The van der Waals surface area contributed by atoms with Crippen LogP contribution in [0, 0.1) is 12.8 Å². The minimum atomic E-state index is -0.665. The highest BCUT2D eigenvalue weighted by molar-refractivity contribution is 6.39. The average Bonchev–Trinajstić information content (AvgIpc) is 2.60. The van der Waals surface area contributed by atoms with Crippen LogP contribution in [0.2, 0.25) is 0 Å². The van der Waals surface area contributed by atoms with Crippen molar-refractivity contribution >= 4 is 35.9 Å². The van der Waals surface area contributed by atoms with Crippen LogP contribution in [-0.2, 0) is 6.54 Å². The largest absolute Gasteiger partial charge is 0.506 e. The lowest BCUT2D eigenvalue weighted by molar-refractivity contribution is 0.102. The molecule has 138 valence electrons. The number of amides is 1. The maximum Gasteiger partial charge on any atom is 0.267 e. The molecule has 0 unspecified atom stereocenters. The van der Waals surface area contributed by atoms with Crippen LogP contribution in [0.4, 0.5) is 5.82 Å². The molecule has 0 fully saturated rings. The van der Waals surface area contributed by atoms with Crippen LogP contribution in [0.5, 0.6) is 5.75 Å². The molecule has 7 heteroatoms. The van der Waals surface area contributed by atoms with Crippen molar-refractivity contribution in [1.29, 1.82) is 0 Å². The second kappa shape index (κ2) is 7.27. The lowest BCUT2D eigenvalue weighted by Crippen LogP contribution is -2.32. The van der Waals surface area contributed by atoms with Crippen molar-refractivity contribution in [2.24, 2.45) is 5.92 Å². The van der Waals surface area contributed by atoms with Crippen molar-refractivity contribution in [1.82, 2.24) is 9.55 Å². The van der Waals surface area contributed by atoms with Gasteiger partial charge in [-0.05, 0) is 30.5 Å². The highest BCUT2D eigenvalue weighted by Crippen LogP contribution is 2.26. The highest BCUT2D eigenvalue weighted by atomic mass is 16.3. The SMILES string of the molecule is Bc1cccc2c1c(O)c(C(=O)Nc1ncccc1C)c(=O)n2CC(C)C. The number of hydrogen-bond acceptors (Lipinski definition) is 4. The molecule has 0 radical (unpaired) electrons. The lowest BCUT2D eigenvalue weighted by Gasteiger charge is -2.17. The second-order valence-electron chi connectivity index (χ2n) is 7.13. The predicted octanol–water partition coefficient (Wildman–Crippen LogP) is 1.58. The van der Waals surface area contributed by atoms with Crippen LogP contribution in [0.15, 0.2) is 41.3 Å². The molecule has 0 atom stereocenters. The van der Waals surface area contributed by atoms with E-state index in [1.165, 1.54) is 0 Å². The molecule has 1 amide bonds. The summed E-state index contributed by atoms with van der Waals surface area (Å²) in [5.74, 6) is -0.396. The standard InChI is InChI=1S/C20H22BN3O3/c1-11(2)10-24-14-8-4-7-13(21)15(14)17(25)16(20(24)27)19(26)23-18-12(3)6-5-9-22-18/h4-9,11,25H,10,21H2,1-3H3,(H,22,23,26). The van der Waals surface area contributed by atoms with E-state index in [0.29, 0.717) is 23.3 Å². The number of rotatable bonds is 4. The van der Waals surface area contributed by atoms with Gasteiger partial charge in [-0.1, -0.05) is 37.5 Å². The Balaban J connectivity index is 2.23. The summed E-state index contributed by atoms with van der Waals surface area (Å²) < 4.78 is 1.56. The van der Waals surface area contributed by atoms with Gasteiger partial charge in [0.05, 0.1) is 5.52 Å². The van der Waals surface area contributed by atoms with E-state index in [9.17, 15) is 14.7 Å². The van der Waals surface area contributed by atoms with Crippen LogP contribution in [0.25, 0.3) is 10.9 Å². The van der Waals surface area contributed by atoms with E-state index in [0.717, 1.165) is 11.0 Å². The van der Waals surface area contributed by atoms with Gasteiger partial charge in [-0.3, -0.25) is 9.59 Å². The fourth-order valence-electron chi connectivity index (χ4n) is 3.19. The molecule has 0 bridgehead atoms. The summed E-state index contributed by atoms with van der Waals surface area (Å²) >= 11 is 0. The predicted molar refractivity (Wildman–Crippen MR) is 110 cm³/mol. The van der Waals surface area contributed by atoms with Gasteiger partial charge in [0.1, 0.15) is 25.0 Å². The third kappa shape index (κ3) is 3.45. The third-order valence-corrected chi connectivity index (χ3v) is 4.49. The maximum absolute atomic E-state index is 13.1. The molecule has 3 aromatic rings. The Hall–Kier alpha value is -3.09. The Kier molecular flexibility index (Phi) is 5.03. The van der Waals surface area contributed by atoms with Crippen LogP contribution in [-0.4, -0.2) is 28.4 Å². The molecule has 0 aliphatic rings. The van der Waals surface area contributed by atoms with Gasteiger partial charge in [0, 0.05) is 18.1 Å². The summed E-state index contributed by atoms with van der Waals surface area (Å²) in [4.78, 5) is 30.1. The third-order valence-electron chi connectivity index (χ3n) is 4.49. The van der Waals surface area contributed by atoms with E-state index in [1.807, 2.05) is 46.8 Å². The Labute approximate surface area is 158 Å². The number of carbonyl (C=O) groups excluding carboxylic acids is 1. The van der Waals surface area contributed by atoms with Gasteiger partial charge in [0.25, 0.3) is 11.5 Å². The van der Waals surface area contributed by atoms with Gasteiger partial charge in [-0.25, -0.2) is 4.98 Å². The molecule has 0 saturated carbocycles. The van der Waals surface area contributed by atoms with Gasteiger partial charge in [0.15, 0.2) is 0 Å². The minimum Gasteiger partial charge on any atom is -0.506 e. The van der Waals surface area contributed by atoms with Crippen molar-refractivity contribution < 1.29 is 9.90 Å². The Morgan fingerprint density at radius 2 is 2.04 bits per heavy atom. The Morgan fingerprint density at radius 1 is 1.30 bits per heavy atom. The smallest absolute Gasteiger partial charge is 0.267 e. The molecule has 6 nitrogen and oxygen atoms in total. The van der Waals surface area contributed by atoms with Gasteiger partial charge in [-0.2, -0.15) is 0 Å². The molecule has 1 aromatic carbocycles. The molecule has 27 heavy (non-hydrogen) atoms. The number of pyridine rings is 2. The van der Waals surface area contributed by atoms with Gasteiger partial charge >= 0.3 is 0 Å². The number of aryl methyl sites for hydroxylation is 1. The topological polar surface area (TPSA) is 84.2 Å². The van der Waals surface area contributed by atoms with E-state index in [2.05, 4.69) is 10.3 Å². The number of anilines is 1. The van der Waals surface area contributed by atoms with Crippen LogP contribution in [0.3, 0.4) is 0 Å². The monoisotopic (exact) mass is 363 g/mol. The van der Waals surface area contributed by atoms with E-state index in [-0.39, 0.29) is 17.2 Å². The Morgan fingerprint density at radius 3 is 2.70 bits per heavy atom. The molecular formula is C20H22BN3O3. The number of nitrogens with one attached hydrogen (secondary N) is 1. The number of aromatic hydroxyl groups is 1. The lowest BCUT2D eigenvalue weighted by atomic mass is 9.90. The summed E-state index contributed by atoms with van der Waals surface area (Å²) in [7, 11) is 1.84. The number of carbonyl (C=O) groups is 1. The first kappa shape index (κ1) is 18.7. The van der Waals surface area contributed by atoms with E-state index in [1.54, 1.807) is 22.9 Å². The zero-order valence-electron chi connectivity index (χ0n) is 15.9. The van der Waals surface area contributed by atoms with Crippen molar-refractivity contribution in [3.05, 3.63) is 58.0 Å². The first-order valence-corrected chi connectivity index (χ1v) is 8.89. The van der Waals surface area contributed by atoms with Crippen LogP contribution in [0.1, 0.15) is 29.8 Å². The van der Waals surface area contributed by atoms with Crippen LogP contribution < -0.4 is 16.3 Å². The normalized spacial score (nSPS) is 11.1. The molecular weight excluding hydrogens is 341 g/mol. The first-order chi connectivity index (χ1) is 12.8. The van der Waals surface area contributed by atoms with Gasteiger partial charge < -0.3 is 15.0 Å². The summed E-state index contributed by atoms with van der Waals surface area (Å²) in [5.41, 5.74) is 1.42. The van der Waals surface area contributed by atoms with Gasteiger partial charge in [0.2, 0.25) is 0 Å². The zero-order valence-corrected chi connectivity index (χ0v) is 15.9. The van der Waals surface area contributed by atoms with Crippen molar-refractivity contribution in [2.45, 2.75) is 27.3 Å². The molecule has 3 rings (SSSR count). The molecule has 0 saturated heterocycles. The molecule has 0 spiro atoms. The number of hydrogen-bond donors (Lipinski definition) is 2. The van der Waals surface area contributed by atoms with E-state index >= 15 is 0 Å². The molecule has 2 aromatic heterocycles. The zero-order chi connectivity index (χ0) is 19.7. The number of aromatic nitrogens is 2. The van der Waals surface area contributed by atoms with Crippen molar-refractivity contribution in [2.75, 3.05) is 5.32 Å². The average molecular weight is 363 g/mol. The molecule has 2 N–H and O–H groups in total. The summed E-state index contributed by atoms with van der Waals surface area (Å²) in [6, 6.07) is 9.04. The quantitative estimate of drug-likeness (QED) is 0.690. The van der Waals surface area contributed by atoms with E-state index < -0.39 is 11.5 Å². The first-order valence-electron chi connectivity index (χ1n) is 8.89. The number of benzene rings is 1. The summed E-state index contributed by atoms with van der Waals surface area (Å²) in [6.07, 6.45) is 1.56. The molecule has 0 aliphatic carbocycles. The highest BCUT2D eigenvalue weighted by Gasteiger charge is 2.24. The van der Waals surface area contributed by atoms with Gasteiger partial charge in [-0.15, -0.1) is 0 Å². The number of nitrogens with zero attached hydrogens (tertiary/aromatic N) is 2. The van der Waals surface area contributed by atoms with Crippen molar-refractivity contribution in [3.8, 4) is 5.75 Å². The van der Waals surface area contributed by atoms with Crippen molar-refractivity contribution in [3.63, 3.8) is 0 Å². The summed E-state index contributed by atoms with van der Waals surface area (Å²) in [5, 5.41) is 14.0. The Bertz CT molecular complexity index is 1090. The maximum atomic E-state index is 13.1. The fraction of sp³-hybridized carbons (Fsp3) is 0.250. The fourth-order valence-corrected chi connectivity index (χ4v) is 3.19. The van der Waals surface area contributed by atoms with E-state index in [4.69, 9.17) is 0 Å². The minimum absolute atomic E-state index is 0.199.